The third-order valence-corrected chi connectivity index (χ3v) is 5.20. The highest BCUT2D eigenvalue weighted by atomic mass is 32.1. The summed E-state index contributed by atoms with van der Waals surface area (Å²) in [5.74, 6) is 1.57. The van der Waals surface area contributed by atoms with E-state index in [2.05, 4.69) is 35.9 Å². The molecular formula is C17H16N2OS. The summed E-state index contributed by atoms with van der Waals surface area (Å²) in [5.41, 5.74) is 3.77. The number of thiophene rings is 1. The van der Waals surface area contributed by atoms with E-state index < -0.39 is 0 Å². The van der Waals surface area contributed by atoms with Gasteiger partial charge in [0.25, 0.3) is 0 Å². The average molecular weight is 296 g/mol. The number of nitrogens with zero attached hydrogens (tertiary/aromatic N) is 2. The molecule has 0 saturated carbocycles. The Morgan fingerprint density at radius 3 is 2.90 bits per heavy atom. The minimum atomic E-state index is 0.700. The first-order chi connectivity index (χ1) is 10.2. The summed E-state index contributed by atoms with van der Waals surface area (Å²) in [6, 6.07) is 6.22. The quantitative estimate of drug-likeness (QED) is 0.694. The number of rotatable bonds is 2. The first-order valence-electron chi connectivity index (χ1n) is 7.23. The molecule has 1 aromatic carbocycles. The van der Waals surface area contributed by atoms with Crippen LogP contribution in [-0.4, -0.2) is 9.97 Å². The first-order valence-corrected chi connectivity index (χ1v) is 8.04. The van der Waals surface area contributed by atoms with Crippen LogP contribution >= 0.6 is 11.3 Å². The predicted octanol–water partition coefficient (Wildman–Crippen LogP) is 4.59. The average Bonchev–Trinajstić information content (AvgIpc) is 3.02. The Bertz CT molecular complexity index is 838. The van der Waals surface area contributed by atoms with E-state index in [0.29, 0.717) is 5.88 Å². The molecule has 106 valence electrons. The number of ether oxygens (including phenoxy) is 1. The zero-order valence-electron chi connectivity index (χ0n) is 12.1. The van der Waals surface area contributed by atoms with Crippen LogP contribution in [0.1, 0.15) is 28.0 Å². The third-order valence-electron chi connectivity index (χ3n) is 4.00. The van der Waals surface area contributed by atoms with Crippen molar-refractivity contribution in [3.8, 4) is 11.6 Å². The molecular weight excluding hydrogens is 280 g/mol. The largest absolute Gasteiger partial charge is 0.438 e. The Morgan fingerprint density at radius 2 is 2.05 bits per heavy atom. The lowest BCUT2D eigenvalue weighted by Gasteiger charge is -2.09. The van der Waals surface area contributed by atoms with E-state index in [-0.39, 0.29) is 0 Å². The van der Waals surface area contributed by atoms with Crippen molar-refractivity contribution in [3.05, 3.63) is 46.1 Å². The van der Waals surface area contributed by atoms with Gasteiger partial charge in [-0.1, -0.05) is 17.7 Å². The lowest BCUT2D eigenvalue weighted by molar-refractivity contribution is 0.464. The summed E-state index contributed by atoms with van der Waals surface area (Å²) in [4.78, 5) is 11.3. The van der Waals surface area contributed by atoms with E-state index in [1.165, 1.54) is 28.8 Å². The van der Waals surface area contributed by atoms with Gasteiger partial charge in [-0.2, -0.15) is 0 Å². The highest BCUT2D eigenvalue weighted by molar-refractivity contribution is 7.18. The van der Waals surface area contributed by atoms with E-state index in [9.17, 15) is 0 Å². The molecule has 2 aromatic heterocycles. The van der Waals surface area contributed by atoms with Crippen LogP contribution in [0.3, 0.4) is 0 Å². The Balaban J connectivity index is 1.83. The molecule has 1 aliphatic rings. The van der Waals surface area contributed by atoms with Gasteiger partial charge in [-0.05, 0) is 50.3 Å². The Morgan fingerprint density at radius 1 is 1.14 bits per heavy atom. The van der Waals surface area contributed by atoms with Gasteiger partial charge in [-0.15, -0.1) is 11.3 Å². The number of aromatic nitrogens is 2. The zero-order chi connectivity index (χ0) is 14.4. The third kappa shape index (κ3) is 2.10. The SMILES string of the molecule is Cc1ccc(Oc2ncnc3sc4c(c23)CCC4)c(C)c1. The molecule has 0 unspecified atom stereocenters. The molecule has 0 amide bonds. The topological polar surface area (TPSA) is 35.0 Å². The zero-order valence-corrected chi connectivity index (χ0v) is 13.0. The second-order valence-electron chi connectivity index (χ2n) is 5.59. The standard InChI is InChI=1S/C17H16N2OS/c1-10-6-7-13(11(2)8-10)20-16-15-12-4-3-5-14(12)21-17(15)19-9-18-16/h6-9H,3-5H2,1-2H3. The Kier molecular flexibility index (Phi) is 2.93. The molecule has 0 saturated heterocycles. The maximum Gasteiger partial charge on any atom is 0.231 e. The monoisotopic (exact) mass is 296 g/mol. The number of hydrogen-bond acceptors (Lipinski definition) is 4. The van der Waals surface area contributed by atoms with Crippen molar-refractivity contribution in [2.24, 2.45) is 0 Å². The van der Waals surface area contributed by atoms with Crippen molar-refractivity contribution in [2.45, 2.75) is 33.1 Å². The van der Waals surface area contributed by atoms with E-state index in [1.54, 1.807) is 17.7 Å². The fourth-order valence-corrected chi connectivity index (χ4v) is 4.21. The number of aryl methyl sites for hydroxylation is 4. The molecule has 4 heteroatoms. The van der Waals surface area contributed by atoms with E-state index in [4.69, 9.17) is 4.74 Å². The van der Waals surface area contributed by atoms with Crippen molar-refractivity contribution >= 4 is 21.6 Å². The fraction of sp³-hybridized carbons (Fsp3) is 0.294. The van der Waals surface area contributed by atoms with Crippen molar-refractivity contribution in [2.75, 3.05) is 0 Å². The van der Waals surface area contributed by atoms with E-state index in [1.807, 2.05) is 6.07 Å². The van der Waals surface area contributed by atoms with Gasteiger partial charge in [0, 0.05) is 4.88 Å². The maximum absolute atomic E-state index is 6.12. The molecule has 21 heavy (non-hydrogen) atoms. The van der Waals surface area contributed by atoms with Crippen molar-refractivity contribution in [1.82, 2.24) is 9.97 Å². The van der Waals surface area contributed by atoms with Crippen molar-refractivity contribution in [1.29, 1.82) is 0 Å². The molecule has 1 aliphatic carbocycles. The van der Waals surface area contributed by atoms with Crippen molar-refractivity contribution in [3.63, 3.8) is 0 Å². The van der Waals surface area contributed by atoms with Crippen LogP contribution in [0.2, 0.25) is 0 Å². The van der Waals surface area contributed by atoms with Crippen LogP contribution in [0.5, 0.6) is 11.6 Å². The van der Waals surface area contributed by atoms with Gasteiger partial charge >= 0.3 is 0 Å². The molecule has 2 heterocycles. The molecule has 3 aromatic rings. The summed E-state index contributed by atoms with van der Waals surface area (Å²) in [6.45, 7) is 4.16. The molecule has 0 bridgehead atoms. The molecule has 0 fully saturated rings. The van der Waals surface area contributed by atoms with Gasteiger partial charge in [0.1, 0.15) is 16.9 Å². The second-order valence-corrected chi connectivity index (χ2v) is 6.67. The van der Waals surface area contributed by atoms with Crippen LogP contribution in [0.15, 0.2) is 24.5 Å². The normalized spacial score (nSPS) is 13.6. The van der Waals surface area contributed by atoms with Gasteiger partial charge in [-0.3, -0.25) is 0 Å². The summed E-state index contributed by atoms with van der Waals surface area (Å²) in [6.07, 6.45) is 5.12. The van der Waals surface area contributed by atoms with Crippen molar-refractivity contribution < 1.29 is 4.74 Å². The van der Waals surface area contributed by atoms with Crippen LogP contribution < -0.4 is 4.74 Å². The Labute approximate surface area is 127 Å². The highest BCUT2D eigenvalue weighted by Crippen LogP contribution is 2.41. The first kappa shape index (κ1) is 12.8. The fourth-order valence-electron chi connectivity index (χ4n) is 3.00. The molecule has 0 spiro atoms. The number of hydrogen-bond donors (Lipinski definition) is 0. The molecule has 0 radical (unpaired) electrons. The van der Waals surface area contributed by atoms with Gasteiger partial charge in [0.15, 0.2) is 0 Å². The molecule has 0 aliphatic heterocycles. The minimum Gasteiger partial charge on any atom is -0.438 e. The summed E-state index contributed by atoms with van der Waals surface area (Å²) in [7, 11) is 0. The van der Waals surface area contributed by atoms with E-state index >= 15 is 0 Å². The van der Waals surface area contributed by atoms with Crippen LogP contribution in [0, 0.1) is 13.8 Å². The smallest absolute Gasteiger partial charge is 0.231 e. The van der Waals surface area contributed by atoms with Crippen LogP contribution in [0.4, 0.5) is 0 Å². The molecule has 0 atom stereocenters. The van der Waals surface area contributed by atoms with Gasteiger partial charge < -0.3 is 4.74 Å². The predicted molar refractivity (Wildman–Crippen MR) is 85.4 cm³/mol. The van der Waals surface area contributed by atoms with Gasteiger partial charge in [-0.25, -0.2) is 9.97 Å². The number of fused-ring (bicyclic) bond motifs is 3. The Hall–Kier alpha value is -1.94. The van der Waals surface area contributed by atoms with E-state index in [0.717, 1.165) is 28.0 Å². The lowest BCUT2D eigenvalue weighted by atomic mass is 10.1. The van der Waals surface area contributed by atoms with Gasteiger partial charge in [0.05, 0.1) is 5.39 Å². The van der Waals surface area contributed by atoms with Gasteiger partial charge in [0.2, 0.25) is 5.88 Å². The number of benzene rings is 1. The highest BCUT2D eigenvalue weighted by Gasteiger charge is 2.22. The lowest BCUT2D eigenvalue weighted by Crippen LogP contribution is -1.93. The second kappa shape index (κ2) is 4.81. The summed E-state index contributed by atoms with van der Waals surface area (Å²) in [5, 5.41) is 1.12. The molecule has 0 N–H and O–H groups in total. The summed E-state index contributed by atoms with van der Waals surface area (Å²) >= 11 is 1.79. The van der Waals surface area contributed by atoms with Crippen LogP contribution in [-0.2, 0) is 12.8 Å². The maximum atomic E-state index is 6.12. The molecule has 3 nitrogen and oxygen atoms in total. The molecule has 4 rings (SSSR count). The van der Waals surface area contributed by atoms with Crippen LogP contribution in [0.25, 0.3) is 10.2 Å². The summed E-state index contributed by atoms with van der Waals surface area (Å²) < 4.78 is 6.12. The minimum absolute atomic E-state index is 0.700.